The third-order valence-electron chi connectivity index (χ3n) is 4.19. The van der Waals surface area contributed by atoms with Gasteiger partial charge in [-0.1, -0.05) is 30.3 Å². The first-order chi connectivity index (χ1) is 12.1. The van der Waals surface area contributed by atoms with E-state index >= 15 is 0 Å². The molecule has 1 aliphatic heterocycles. The number of benzene rings is 2. The van der Waals surface area contributed by atoms with E-state index in [1.807, 2.05) is 30.3 Å². The number of morpholine rings is 1. The molecule has 6 nitrogen and oxygen atoms in total. The Morgan fingerprint density at radius 1 is 1.04 bits per heavy atom. The molecule has 25 heavy (non-hydrogen) atoms. The summed E-state index contributed by atoms with van der Waals surface area (Å²) in [7, 11) is -0.650. The van der Waals surface area contributed by atoms with Crippen LogP contribution in [0.3, 0.4) is 0 Å². The van der Waals surface area contributed by atoms with E-state index in [0.29, 0.717) is 24.7 Å². The summed E-state index contributed by atoms with van der Waals surface area (Å²) in [5, 5.41) is 0. The van der Waals surface area contributed by atoms with Crippen molar-refractivity contribution in [1.82, 2.24) is 4.31 Å². The molecule has 1 aliphatic rings. The van der Waals surface area contributed by atoms with Gasteiger partial charge in [-0.05, 0) is 17.7 Å². The Bertz CT molecular complexity index is 823. The van der Waals surface area contributed by atoms with E-state index in [9.17, 15) is 8.42 Å². The van der Waals surface area contributed by atoms with Gasteiger partial charge in [0.2, 0.25) is 10.0 Å². The van der Waals surface area contributed by atoms with Gasteiger partial charge in [-0.3, -0.25) is 0 Å². The highest BCUT2D eigenvalue weighted by Gasteiger charge is 2.32. The van der Waals surface area contributed by atoms with E-state index in [0.717, 1.165) is 5.56 Å². The molecule has 0 aliphatic carbocycles. The van der Waals surface area contributed by atoms with Gasteiger partial charge in [-0.15, -0.1) is 0 Å². The van der Waals surface area contributed by atoms with E-state index in [4.69, 9.17) is 14.2 Å². The monoisotopic (exact) mass is 363 g/mol. The fourth-order valence-electron chi connectivity index (χ4n) is 2.84. The zero-order valence-electron chi connectivity index (χ0n) is 14.2. The molecule has 2 aromatic carbocycles. The molecule has 1 saturated heterocycles. The van der Waals surface area contributed by atoms with Crippen molar-refractivity contribution in [2.45, 2.75) is 11.0 Å². The van der Waals surface area contributed by atoms with Crippen LogP contribution in [0.1, 0.15) is 11.7 Å². The van der Waals surface area contributed by atoms with Crippen molar-refractivity contribution in [3.8, 4) is 11.5 Å². The quantitative estimate of drug-likeness (QED) is 0.816. The average Bonchev–Trinajstić information content (AvgIpc) is 2.68. The fourth-order valence-corrected chi connectivity index (χ4v) is 4.28. The van der Waals surface area contributed by atoms with Crippen molar-refractivity contribution in [1.29, 1.82) is 0 Å². The second-order valence-electron chi connectivity index (χ2n) is 5.65. The van der Waals surface area contributed by atoms with Gasteiger partial charge in [0.25, 0.3) is 0 Å². The normalized spacial score (nSPS) is 18.7. The van der Waals surface area contributed by atoms with Gasteiger partial charge in [0.15, 0.2) is 11.5 Å². The molecule has 0 amide bonds. The molecule has 7 heteroatoms. The predicted octanol–water partition coefficient (Wildman–Crippen LogP) is 2.47. The molecule has 1 heterocycles. The minimum Gasteiger partial charge on any atom is -0.493 e. The van der Waals surface area contributed by atoms with Crippen molar-refractivity contribution in [2.75, 3.05) is 33.9 Å². The summed E-state index contributed by atoms with van der Waals surface area (Å²) in [5.41, 5.74) is 0.967. The summed E-state index contributed by atoms with van der Waals surface area (Å²) in [4.78, 5) is 0.180. The number of ether oxygens (including phenoxy) is 3. The van der Waals surface area contributed by atoms with Crippen molar-refractivity contribution < 1.29 is 22.6 Å². The molecule has 1 atom stereocenters. The van der Waals surface area contributed by atoms with Crippen LogP contribution in [0.2, 0.25) is 0 Å². The lowest BCUT2D eigenvalue weighted by Crippen LogP contribution is -2.42. The van der Waals surface area contributed by atoms with Crippen LogP contribution in [0, 0.1) is 0 Å². The third kappa shape index (κ3) is 3.63. The van der Waals surface area contributed by atoms with E-state index < -0.39 is 10.0 Å². The molecule has 0 spiro atoms. The summed E-state index contributed by atoms with van der Waals surface area (Å²) in [6, 6.07) is 14.3. The summed E-state index contributed by atoms with van der Waals surface area (Å²) in [6.07, 6.45) is -0.273. The van der Waals surface area contributed by atoms with Gasteiger partial charge in [-0.2, -0.15) is 4.31 Å². The average molecular weight is 363 g/mol. The van der Waals surface area contributed by atoms with Crippen molar-refractivity contribution in [3.63, 3.8) is 0 Å². The molecule has 0 N–H and O–H groups in total. The zero-order chi connectivity index (χ0) is 17.9. The second-order valence-corrected chi connectivity index (χ2v) is 7.59. The Hall–Kier alpha value is -2.09. The van der Waals surface area contributed by atoms with E-state index in [1.165, 1.54) is 30.7 Å². The molecule has 1 fully saturated rings. The first-order valence-corrected chi connectivity index (χ1v) is 9.39. The predicted molar refractivity (Wildman–Crippen MR) is 93.4 cm³/mol. The number of hydrogen-bond donors (Lipinski definition) is 0. The highest BCUT2D eigenvalue weighted by molar-refractivity contribution is 7.89. The van der Waals surface area contributed by atoms with Gasteiger partial charge in [-0.25, -0.2) is 8.42 Å². The summed E-state index contributed by atoms with van der Waals surface area (Å²) < 4.78 is 43.6. The van der Waals surface area contributed by atoms with E-state index in [-0.39, 0.29) is 17.5 Å². The molecule has 0 radical (unpaired) electrons. The van der Waals surface area contributed by atoms with Gasteiger partial charge < -0.3 is 14.2 Å². The standard InChI is InChI=1S/C18H21NO5S/c1-22-16-9-8-15(12-17(16)23-2)25(20,21)19-10-11-24-18(13-19)14-6-4-3-5-7-14/h3-9,12,18H,10-11,13H2,1-2H3. The maximum atomic E-state index is 13.0. The third-order valence-corrected chi connectivity index (χ3v) is 6.05. The van der Waals surface area contributed by atoms with Crippen LogP contribution in [0.25, 0.3) is 0 Å². The Balaban J connectivity index is 1.87. The summed E-state index contributed by atoms with van der Waals surface area (Å²) in [6.45, 7) is 0.951. The Morgan fingerprint density at radius 3 is 2.44 bits per heavy atom. The van der Waals surface area contributed by atoms with Crippen LogP contribution >= 0.6 is 0 Å². The molecule has 0 bridgehead atoms. The van der Waals surface area contributed by atoms with E-state index in [1.54, 1.807) is 6.07 Å². The number of hydrogen-bond acceptors (Lipinski definition) is 5. The lowest BCUT2D eigenvalue weighted by Gasteiger charge is -2.32. The van der Waals surface area contributed by atoms with Crippen molar-refractivity contribution in [3.05, 3.63) is 54.1 Å². The van der Waals surface area contributed by atoms with Crippen LogP contribution in [-0.2, 0) is 14.8 Å². The van der Waals surface area contributed by atoms with Gasteiger partial charge >= 0.3 is 0 Å². The van der Waals surface area contributed by atoms with Crippen LogP contribution in [0.15, 0.2) is 53.4 Å². The number of methoxy groups -OCH3 is 2. The zero-order valence-corrected chi connectivity index (χ0v) is 15.0. The summed E-state index contributed by atoms with van der Waals surface area (Å²) in [5.74, 6) is 0.877. The van der Waals surface area contributed by atoms with Crippen LogP contribution in [0.4, 0.5) is 0 Å². The smallest absolute Gasteiger partial charge is 0.243 e. The maximum absolute atomic E-state index is 13.0. The van der Waals surface area contributed by atoms with Gasteiger partial charge in [0.05, 0.1) is 31.8 Å². The van der Waals surface area contributed by atoms with Crippen molar-refractivity contribution >= 4 is 10.0 Å². The second kappa shape index (κ2) is 7.43. The minimum absolute atomic E-state index is 0.180. The topological polar surface area (TPSA) is 65.1 Å². The Labute approximate surface area is 148 Å². The molecule has 2 aromatic rings. The Morgan fingerprint density at radius 2 is 1.76 bits per heavy atom. The van der Waals surface area contributed by atoms with Crippen molar-refractivity contribution in [2.24, 2.45) is 0 Å². The van der Waals surface area contributed by atoms with Gasteiger partial charge in [0.1, 0.15) is 0 Å². The van der Waals surface area contributed by atoms with Crippen LogP contribution in [0.5, 0.6) is 11.5 Å². The van der Waals surface area contributed by atoms with E-state index in [2.05, 4.69) is 0 Å². The molecule has 0 saturated carbocycles. The molecule has 134 valence electrons. The minimum atomic E-state index is -3.64. The SMILES string of the molecule is COc1ccc(S(=O)(=O)N2CCOC(c3ccccc3)C2)cc1OC. The lowest BCUT2D eigenvalue weighted by atomic mass is 10.1. The molecule has 0 aromatic heterocycles. The molecule has 3 rings (SSSR count). The highest BCUT2D eigenvalue weighted by Crippen LogP contribution is 2.32. The first kappa shape index (κ1) is 17.7. The highest BCUT2D eigenvalue weighted by atomic mass is 32.2. The molecular weight excluding hydrogens is 342 g/mol. The van der Waals surface area contributed by atoms with Crippen LogP contribution in [-0.4, -0.2) is 46.6 Å². The molecule has 1 unspecified atom stereocenters. The molecular formula is C18H21NO5S. The lowest BCUT2D eigenvalue weighted by molar-refractivity contribution is -0.00255. The fraction of sp³-hybridized carbons (Fsp3) is 0.333. The number of rotatable bonds is 5. The Kier molecular flexibility index (Phi) is 5.27. The summed E-state index contributed by atoms with van der Waals surface area (Å²) >= 11 is 0. The first-order valence-electron chi connectivity index (χ1n) is 7.95. The largest absolute Gasteiger partial charge is 0.493 e. The number of sulfonamides is 1. The maximum Gasteiger partial charge on any atom is 0.243 e. The number of nitrogens with zero attached hydrogens (tertiary/aromatic N) is 1. The van der Waals surface area contributed by atoms with Crippen LogP contribution < -0.4 is 9.47 Å². The van der Waals surface area contributed by atoms with Gasteiger partial charge in [0, 0.05) is 19.2 Å².